The van der Waals surface area contributed by atoms with Gasteiger partial charge in [0.05, 0.1) is 17.6 Å². The molecule has 0 aromatic heterocycles. The molecule has 0 amide bonds. The normalized spacial score (nSPS) is 15.0. The maximum Gasteiger partial charge on any atom is 0.240 e. The Bertz CT molecular complexity index is 805. The minimum Gasteiger partial charge on any atom is -0.493 e. The van der Waals surface area contributed by atoms with E-state index in [1.807, 2.05) is 12.1 Å². The third kappa shape index (κ3) is 3.74. The van der Waals surface area contributed by atoms with Crippen LogP contribution in [0.4, 0.5) is 0 Å². The van der Waals surface area contributed by atoms with Crippen LogP contribution in [0.1, 0.15) is 17.2 Å². The first kappa shape index (κ1) is 16.4. The van der Waals surface area contributed by atoms with Crippen molar-refractivity contribution >= 4 is 26.0 Å². The summed E-state index contributed by atoms with van der Waals surface area (Å²) in [6.45, 7) is 0.559. The highest BCUT2D eigenvalue weighted by Gasteiger charge is 2.19. The molecule has 1 unspecified atom stereocenters. The summed E-state index contributed by atoms with van der Waals surface area (Å²) in [5.74, 6) is 0.830. The number of benzene rings is 2. The van der Waals surface area contributed by atoms with Gasteiger partial charge in [-0.25, -0.2) is 13.1 Å². The lowest BCUT2D eigenvalue weighted by Crippen LogP contribution is -2.28. The average Bonchev–Trinajstić information content (AvgIpc) is 3.00. The van der Waals surface area contributed by atoms with Gasteiger partial charge >= 0.3 is 0 Å². The third-order valence-electron chi connectivity index (χ3n) is 3.69. The van der Waals surface area contributed by atoms with E-state index in [2.05, 4.69) is 20.7 Å². The molecule has 1 aliphatic heterocycles. The monoisotopic (exact) mass is 397 g/mol. The van der Waals surface area contributed by atoms with E-state index < -0.39 is 16.1 Å². The Labute approximate surface area is 143 Å². The first-order valence-electron chi connectivity index (χ1n) is 7.14. The van der Waals surface area contributed by atoms with Gasteiger partial charge in [-0.05, 0) is 47.5 Å². The molecule has 1 aliphatic rings. The molecule has 1 atom stereocenters. The van der Waals surface area contributed by atoms with Crippen LogP contribution in [-0.4, -0.2) is 26.7 Å². The molecule has 2 aromatic carbocycles. The summed E-state index contributed by atoms with van der Waals surface area (Å²) in [7, 11) is -3.65. The first-order chi connectivity index (χ1) is 11.0. The van der Waals surface area contributed by atoms with Crippen molar-refractivity contribution in [2.45, 2.75) is 17.4 Å². The molecular weight excluding hydrogens is 382 g/mol. The van der Waals surface area contributed by atoms with Gasteiger partial charge in [-0.15, -0.1) is 0 Å². The van der Waals surface area contributed by atoms with E-state index in [9.17, 15) is 13.5 Å². The summed E-state index contributed by atoms with van der Waals surface area (Å²) >= 11 is 3.26. The molecule has 122 valence electrons. The van der Waals surface area contributed by atoms with E-state index in [0.29, 0.717) is 12.2 Å². The van der Waals surface area contributed by atoms with Gasteiger partial charge in [-0.3, -0.25) is 0 Å². The molecule has 2 N–H and O–H groups in total. The number of hydrogen-bond acceptors (Lipinski definition) is 4. The van der Waals surface area contributed by atoms with Gasteiger partial charge < -0.3 is 9.84 Å². The highest BCUT2D eigenvalue weighted by atomic mass is 79.9. The topological polar surface area (TPSA) is 75.6 Å². The minimum absolute atomic E-state index is 0.0853. The molecule has 23 heavy (non-hydrogen) atoms. The molecule has 0 fully saturated rings. The summed E-state index contributed by atoms with van der Waals surface area (Å²) in [6, 6.07) is 11.8. The number of halogens is 1. The molecular formula is C16H16BrNO4S. The summed E-state index contributed by atoms with van der Waals surface area (Å²) < 4.78 is 33.1. The number of sulfonamides is 1. The van der Waals surface area contributed by atoms with Crippen molar-refractivity contribution in [2.24, 2.45) is 0 Å². The fourth-order valence-corrected chi connectivity index (χ4v) is 3.72. The number of nitrogens with one attached hydrogen (secondary N) is 1. The lowest BCUT2D eigenvalue weighted by atomic mass is 10.0. The van der Waals surface area contributed by atoms with Crippen LogP contribution in [-0.2, 0) is 16.4 Å². The Morgan fingerprint density at radius 2 is 1.96 bits per heavy atom. The maximum absolute atomic E-state index is 12.2. The summed E-state index contributed by atoms with van der Waals surface area (Å²) in [5.41, 5.74) is 1.71. The molecule has 0 bridgehead atoms. The van der Waals surface area contributed by atoms with E-state index in [4.69, 9.17) is 4.74 Å². The number of hydrogen-bond donors (Lipinski definition) is 2. The zero-order chi connectivity index (χ0) is 16.4. The summed E-state index contributed by atoms with van der Waals surface area (Å²) in [5, 5.41) is 10.2. The molecule has 7 heteroatoms. The molecule has 0 saturated carbocycles. The van der Waals surface area contributed by atoms with Crippen LogP contribution in [0.5, 0.6) is 5.75 Å². The zero-order valence-electron chi connectivity index (χ0n) is 12.2. The van der Waals surface area contributed by atoms with Crippen molar-refractivity contribution in [1.82, 2.24) is 4.72 Å². The van der Waals surface area contributed by atoms with Crippen molar-refractivity contribution in [3.8, 4) is 5.75 Å². The number of aliphatic hydroxyl groups is 1. The highest BCUT2D eigenvalue weighted by molar-refractivity contribution is 9.10. The van der Waals surface area contributed by atoms with Crippen molar-refractivity contribution in [3.63, 3.8) is 0 Å². The van der Waals surface area contributed by atoms with Gasteiger partial charge in [-0.1, -0.05) is 22.0 Å². The highest BCUT2D eigenvalue weighted by Crippen LogP contribution is 2.28. The SMILES string of the molecule is O=S(=O)(NCC(O)c1ccc2c(c1)CCO2)c1ccc(Br)cc1. The average molecular weight is 398 g/mol. The van der Waals surface area contributed by atoms with Crippen LogP contribution in [0, 0.1) is 0 Å². The lowest BCUT2D eigenvalue weighted by molar-refractivity contribution is 0.182. The summed E-state index contributed by atoms with van der Waals surface area (Å²) in [4.78, 5) is 0.162. The third-order valence-corrected chi connectivity index (χ3v) is 5.66. The molecule has 0 saturated heterocycles. The molecule has 3 rings (SSSR count). The van der Waals surface area contributed by atoms with E-state index in [0.717, 1.165) is 22.2 Å². The van der Waals surface area contributed by atoms with E-state index >= 15 is 0 Å². The smallest absolute Gasteiger partial charge is 0.240 e. The van der Waals surface area contributed by atoms with E-state index in [-0.39, 0.29) is 11.4 Å². The van der Waals surface area contributed by atoms with Gasteiger partial charge in [0.2, 0.25) is 10.0 Å². The zero-order valence-corrected chi connectivity index (χ0v) is 14.6. The van der Waals surface area contributed by atoms with Gasteiger partial charge in [0, 0.05) is 17.4 Å². The second-order valence-corrected chi connectivity index (χ2v) is 7.97. The lowest BCUT2D eigenvalue weighted by Gasteiger charge is -2.13. The Kier molecular flexibility index (Phi) is 4.72. The molecule has 0 aliphatic carbocycles. The maximum atomic E-state index is 12.2. The van der Waals surface area contributed by atoms with Crippen LogP contribution >= 0.6 is 15.9 Å². The van der Waals surface area contributed by atoms with Crippen LogP contribution in [0.2, 0.25) is 0 Å². The van der Waals surface area contributed by atoms with Crippen molar-refractivity contribution in [2.75, 3.05) is 13.2 Å². The van der Waals surface area contributed by atoms with Crippen LogP contribution in [0.25, 0.3) is 0 Å². The Morgan fingerprint density at radius 1 is 1.22 bits per heavy atom. The number of ether oxygens (including phenoxy) is 1. The molecule has 5 nitrogen and oxygen atoms in total. The van der Waals surface area contributed by atoms with Crippen LogP contribution in [0.15, 0.2) is 51.8 Å². The Morgan fingerprint density at radius 3 is 2.70 bits per heavy atom. The van der Waals surface area contributed by atoms with Crippen LogP contribution < -0.4 is 9.46 Å². The molecule has 0 radical (unpaired) electrons. The standard InChI is InChI=1S/C16H16BrNO4S/c17-13-2-4-14(5-3-13)23(20,21)18-10-15(19)11-1-6-16-12(9-11)7-8-22-16/h1-6,9,15,18-19H,7-8,10H2. The van der Waals surface area contributed by atoms with Gasteiger partial charge in [0.25, 0.3) is 0 Å². The fourth-order valence-electron chi connectivity index (χ4n) is 2.42. The molecule has 0 spiro atoms. The number of fused-ring (bicyclic) bond motifs is 1. The second-order valence-electron chi connectivity index (χ2n) is 5.29. The van der Waals surface area contributed by atoms with Crippen molar-refractivity contribution in [1.29, 1.82) is 0 Å². The predicted molar refractivity (Wildman–Crippen MR) is 89.9 cm³/mol. The first-order valence-corrected chi connectivity index (χ1v) is 9.42. The Hall–Kier alpha value is -1.41. The fraction of sp³-hybridized carbons (Fsp3) is 0.250. The van der Waals surface area contributed by atoms with E-state index in [1.165, 1.54) is 12.1 Å². The van der Waals surface area contributed by atoms with E-state index in [1.54, 1.807) is 18.2 Å². The van der Waals surface area contributed by atoms with Gasteiger partial charge in [0.1, 0.15) is 5.75 Å². The predicted octanol–water partition coefficient (Wildman–Crippen LogP) is 2.40. The molecule has 1 heterocycles. The number of aliphatic hydroxyl groups excluding tert-OH is 1. The quantitative estimate of drug-likeness (QED) is 0.811. The minimum atomic E-state index is -3.65. The largest absolute Gasteiger partial charge is 0.493 e. The molecule has 2 aromatic rings. The Balaban J connectivity index is 1.68. The number of rotatable bonds is 5. The van der Waals surface area contributed by atoms with Gasteiger partial charge in [-0.2, -0.15) is 0 Å². The second kappa shape index (κ2) is 6.60. The van der Waals surface area contributed by atoms with Crippen molar-refractivity contribution < 1.29 is 18.3 Å². The van der Waals surface area contributed by atoms with Crippen molar-refractivity contribution in [3.05, 3.63) is 58.1 Å². The van der Waals surface area contributed by atoms with Gasteiger partial charge in [0.15, 0.2) is 0 Å². The summed E-state index contributed by atoms with van der Waals surface area (Å²) in [6.07, 6.45) is -0.105. The van der Waals surface area contributed by atoms with Crippen LogP contribution in [0.3, 0.4) is 0 Å².